The minimum absolute atomic E-state index is 0.142. The van der Waals surface area contributed by atoms with Crippen molar-refractivity contribution in [2.75, 3.05) is 19.8 Å². The van der Waals surface area contributed by atoms with E-state index in [0.717, 1.165) is 32.5 Å². The monoisotopic (exact) mass is 274 g/mol. The highest BCUT2D eigenvalue weighted by molar-refractivity contribution is 5.74. The highest BCUT2D eigenvalue weighted by Crippen LogP contribution is 2.11. The summed E-state index contributed by atoms with van der Waals surface area (Å²) in [6, 6.07) is 8.20. The fourth-order valence-corrected chi connectivity index (χ4v) is 2.18. The van der Waals surface area contributed by atoms with Gasteiger partial charge in [0.15, 0.2) is 0 Å². The number of aryl methyl sites for hydroxylation is 1. The summed E-state index contributed by atoms with van der Waals surface area (Å²) in [5.41, 5.74) is 3.73. The van der Waals surface area contributed by atoms with Gasteiger partial charge in [-0.2, -0.15) is 0 Å². The van der Waals surface area contributed by atoms with E-state index in [1.54, 1.807) is 0 Å². The van der Waals surface area contributed by atoms with Crippen LogP contribution in [0.4, 0.5) is 4.79 Å². The fraction of sp³-hybridized carbons (Fsp3) is 0.438. The quantitative estimate of drug-likeness (QED) is 0.886. The van der Waals surface area contributed by atoms with Gasteiger partial charge in [0, 0.05) is 12.7 Å². The molecule has 2 rings (SSSR count). The zero-order chi connectivity index (χ0) is 14.2. The first kappa shape index (κ1) is 14.6. The number of benzene rings is 1. The van der Waals surface area contributed by atoms with Crippen molar-refractivity contribution in [2.45, 2.75) is 26.2 Å². The van der Waals surface area contributed by atoms with Gasteiger partial charge in [-0.1, -0.05) is 29.8 Å². The molecule has 1 fully saturated rings. The molecule has 20 heavy (non-hydrogen) atoms. The van der Waals surface area contributed by atoms with Crippen LogP contribution in [0.15, 0.2) is 36.0 Å². The summed E-state index contributed by atoms with van der Waals surface area (Å²) in [6.45, 7) is 4.22. The highest BCUT2D eigenvalue weighted by Gasteiger charge is 2.05. The summed E-state index contributed by atoms with van der Waals surface area (Å²) in [5.74, 6) is 0. The molecular weight excluding hydrogens is 252 g/mol. The van der Waals surface area contributed by atoms with E-state index >= 15 is 0 Å². The summed E-state index contributed by atoms with van der Waals surface area (Å²) in [6.07, 6.45) is 4.47. The van der Waals surface area contributed by atoms with Crippen molar-refractivity contribution >= 4 is 6.03 Å². The largest absolute Gasteiger partial charge is 0.381 e. The van der Waals surface area contributed by atoms with Gasteiger partial charge in [-0.3, -0.25) is 0 Å². The van der Waals surface area contributed by atoms with Crippen molar-refractivity contribution < 1.29 is 9.53 Å². The van der Waals surface area contributed by atoms with Crippen LogP contribution in [0.5, 0.6) is 0 Å². The third-order valence-electron chi connectivity index (χ3n) is 3.32. The van der Waals surface area contributed by atoms with E-state index in [2.05, 4.69) is 35.8 Å². The standard InChI is InChI=1S/C16H22N2O2/c1-13-3-2-4-14(11-13)5-8-17-16(19)18-12-15-6-9-20-10-7-15/h2-4,11-12H,5-10H2,1H3,(H2,17,18,19). The Morgan fingerprint density at radius 2 is 2.15 bits per heavy atom. The van der Waals surface area contributed by atoms with E-state index in [-0.39, 0.29) is 6.03 Å². The molecule has 0 spiro atoms. The van der Waals surface area contributed by atoms with E-state index < -0.39 is 0 Å². The van der Waals surface area contributed by atoms with Gasteiger partial charge in [0.2, 0.25) is 0 Å². The molecule has 2 amide bonds. The van der Waals surface area contributed by atoms with Gasteiger partial charge < -0.3 is 15.4 Å². The van der Waals surface area contributed by atoms with Crippen molar-refractivity contribution in [2.24, 2.45) is 0 Å². The molecule has 1 aliphatic rings. The van der Waals surface area contributed by atoms with Crippen LogP contribution in [-0.2, 0) is 11.2 Å². The number of hydrogen-bond donors (Lipinski definition) is 2. The number of ether oxygens (including phenoxy) is 1. The second kappa shape index (κ2) is 7.70. The van der Waals surface area contributed by atoms with Gasteiger partial charge >= 0.3 is 6.03 Å². The second-order valence-electron chi connectivity index (χ2n) is 5.05. The SMILES string of the molecule is Cc1cccc(CCNC(=O)NC=C2CCOCC2)c1. The number of rotatable bonds is 4. The van der Waals surface area contributed by atoms with Crippen molar-refractivity contribution in [3.05, 3.63) is 47.2 Å². The predicted octanol–water partition coefficient (Wildman–Crippen LogP) is 2.53. The second-order valence-corrected chi connectivity index (χ2v) is 5.05. The first-order valence-corrected chi connectivity index (χ1v) is 7.09. The Balaban J connectivity index is 1.67. The maximum Gasteiger partial charge on any atom is 0.318 e. The number of hydrogen-bond acceptors (Lipinski definition) is 2. The van der Waals surface area contributed by atoms with Gasteiger partial charge in [-0.05, 0) is 37.3 Å². The predicted molar refractivity (Wildman–Crippen MR) is 79.6 cm³/mol. The molecule has 1 aliphatic heterocycles. The Hall–Kier alpha value is -1.81. The van der Waals surface area contributed by atoms with Gasteiger partial charge in [0.05, 0.1) is 13.2 Å². The minimum atomic E-state index is -0.142. The van der Waals surface area contributed by atoms with Crippen LogP contribution in [0.2, 0.25) is 0 Å². The van der Waals surface area contributed by atoms with E-state index in [9.17, 15) is 4.79 Å². The van der Waals surface area contributed by atoms with Crippen molar-refractivity contribution in [1.29, 1.82) is 0 Å². The fourth-order valence-electron chi connectivity index (χ4n) is 2.18. The van der Waals surface area contributed by atoms with Crippen LogP contribution >= 0.6 is 0 Å². The molecule has 0 unspecified atom stereocenters. The molecule has 0 aromatic heterocycles. The summed E-state index contributed by atoms with van der Waals surface area (Å²) >= 11 is 0. The molecule has 0 radical (unpaired) electrons. The maximum atomic E-state index is 11.6. The molecule has 1 saturated heterocycles. The number of carbonyl (C=O) groups is 1. The van der Waals surface area contributed by atoms with E-state index in [1.807, 2.05) is 12.3 Å². The van der Waals surface area contributed by atoms with Crippen LogP contribution in [-0.4, -0.2) is 25.8 Å². The summed E-state index contributed by atoms with van der Waals surface area (Å²) in [4.78, 5) is 11.6. The van der Waals surface area contributed by atoms with Gasteiger partial charge in [0.1, 0.15) is 0 Å². The van der Waals surface area contributed by atoms with Gasteiger partial charge in [-0.15, -0.1) is 0 Å². The zero-order valence-electron chi connectivity index (χ0n) is 11.9. The van der Waals surface area contributed by atoms with E-state index in [0.29, 0.717) is 6.54 Å². The summed E-state index contributed by atoms with van der Waals surface area (Å²) in [7, 11) is 0. The molecule has 4 heteroatoms. The molecule has 0 bridgehead atoms. The Bertz CT molecular complexity index is 475. The van der Waals surface area contributed by atoms with E-state index in [1.165, 1.54) is 16.7 Å². The zero-order valence-corrected chi connectivity index (χ0v) is 11.9. The van der Waals surface area contributed by atoms with Crippen LogP contribution in [0, 0.1) is 6.92 Å². The Kier molecular flexibility index (Phi) is 5.62. The van der Waals surface area contributed by atoms with Crippen molar-refractivity contribution in [3.63, 3.8) is 0 Å². The third kappa shape index (κ3) is 5.05. The van der Waals surface area contributed by atoms with Crippen LogP contribution < -0.4 is 10.6 Å². The topological polar surface area (TPSA) is 50.4 Å². The number of urea groups is 1. The van der Waals surface area contributed by atoms with Crippen LogP contribution in [0.25, 0.3) is 0 Å². The molecule has 0 aliphatic carbocycles. The minimum Gasteiger partial charge on any atom is -0.381 e. The molecule has 2 N–H and O–H groups in total. The number of carbonyl (C=O) groups excluding carboxylic acids is 1. The Morgan fingerprint density at radius 3 is 2.90 bits per heavy atom. The molecule has 1 aromatic carbocycles. The summed E-state index contributed by atoms with van der Waals surface area (Å²) < 4.78 is 5.26. The number of amides is 2. The molecule has 0 saturated carbocycles. The Morgan fingerprint density at radius 1 is 1.35 bits per heavy atom. The normalized spacial score (nSPS) is 14.8. The van der Waals surface area contributed by atoms with Crippen molar-refractivity contribution in [1.82, 2.24) is 10.6 Å². The summed E-state index contributed by atoms with van der Waals surface area (Å²) in [5, 5.41) is 5.65. The van der Waals surface area contributed by atoms with Crippen LogP contribution in [0.1, 0.15) is 24.0 Å². The maximum absolute atomic E-state index is 11.6. The molecular formula is C16H22N2O2. The molecule has 0 atom stereocenters. The molecule has 1 aromatic rings. The molecule has 108 valence electrons. The third-order valence-corrected chi connectivity index (χ3v) is 3.32. The Labute approximate surface area is 120 Å². The lowest BCUT2D eigenvalue weighted by Gasteiger charge is -2.14. The van der Waals surface area contributed by atoms with Crippen LogP contribution in [0.3, 0.4) is 0 Å². The smallest absolute Gasteiger partial charge is 0.318 e. The number of nitrogens with one attached hydrogen (secondary N) is 2. The molecule has 1 heterocycles. The lowest BCUT2D eigenvalue weighted by atomic mass is 10.1. The van der Waals surface area contributed by atoms with E-state index in [4.69, 9.17) is 4.74 Å². The van der Waals surface area contributed by atoms with Gasteiger partial charge in [-0.25, -0.2) is 4.79 Å². The van der Waals surface area contributed by atoms with Crippen molar-refractivity contribution in [3.8, 4) is 0 Å². The lowest BCUT2D eigenvalue weighted by Crippen LogP contribution is -2.34. The molecule has 4 nitrogen and oxygen atoms in total. The first-order valence-electron chi connectivity index (χ1n) is 7.09. The average molecular weight is 274 g/mol. The first-order chi connectivity index (χ1) is 9.74. The average Bonchev–Trinajstić information content (AvgIpc) is 2.46. The lowest BCUT2D eigenvalue weighted by molar-refractivity contribution is 0.119. The van der Waals surface area contributed by atoms with Gasteiger partial charge in [0.25, 0.3) is 0 Å². The highest BCUT2D eigenvalue weighted by atomic mass is 16.5.